The van der Waals surface area contributed by atoms with Crippen molar-refractivity contribution < 1.29 is 0 Å². The smallest absolute Gasteiger partial charge is 0.171 e. The van der Waals surface area contributed by atoms with Gasteiger partial charge < -0.3 is 15.5 Å². The van der Waals surface area contributed by atoms with E-state index < -0.39 is 0 Å². The molecule has 0 radical (unpaired) electrons. The standard InChI is InChI=1S/C20H19Br2N5S/c21-14-6-5-13-12-23-26-19(16(13)11-14)27-9-7-15(8-10-27)24-20(28)25-18-4-2-1-3-17(18)22/h1-6,11-12,15H,7-10H2,(H2,24,25,28). The molecule has 1 aromatic heterocycles. The van der Waals surface area contributed by atoms with E-state index in [4.69, 9.17) is 12.2 Å². The van der Waals surface area contributed by atoms with E-state index in [1.54, 1.807) is 0 Å². The third kappa shape index (κ3) is 4.45. The lowest BCUT2D eigenvalue weighted by molar-refractivity contribution is 0.466. The van der Waals surface area contributed by atoms with Gasteiger partial charge in [-0.15, -0.1) is 5.10 Å². The van der Waals surface area contributed by atoms with E-state index in [0.29, 0.717) is 11.2 Å². The Morgan fingerprint density at radius 2 is 1.89 bits per heavy atom. The zero-order chi connectivity index (χ0) is 19.5. The van der Waals surface area contributed by atoms with Crippen molar-refractivity contribution in [1.82, 2.24) is 15.5 Å². The molecular formula is C20H19Br2N5S. The van der Waals surface area contributed by atoms with Crippen molar-refractivity contribution in [3.05, 3.63) is 57.6 Å². The molecule has 1 aliphatic heterocycles. The topological polar surface area (TPSA) is 53.1 Å². The third-order valence-corrected chi connectivity index (χ3v) is 6.26. The molecule has 4 rings (SSSR count). The molecule has 0 spiro atoms. The number of aromatic nitrogens is 2. The van der Waals surface area contributed by atoms with Crippen LogP contribution in [0.5, 0.6) is 0 Å². The molecule has 5 nitrogen and oxygen atoms in total. The fourth-order valence-electron chi connectivity index (χ4n) is 3.41. The highest BCUT2D eigenvalue weighted by molar-refractivity contribution is 9.10. The number of thiocarbonyl (C=S) groups is 1. The fraction of sp³-hybridized carbons (Fsp3) is 0.250. The average Bonchev–Trinajstić information content (AvgIpc) is 2.70. The van der Waals surface area contributed by atoms with Crippen molar-refractivity contribution in [3.8, 4) is 0 Å². The first-order chi connectivity index (χ1) is 13.6. The predicted molar refractivity (Wildman–Crippen MR) is 126 cm³/mol. The maximum Gasteiger partial charge on any atom is 0.171 e. The first kappa shape index (κ1) is 19.5. The summed E-state index contributed by atoms with van der Waals surface area (Å²) in [5.41, 5.74) is 0.967. The summed E-state index contributed by atoms with van der Waals surface area (Å²) in [6, 6.07) is 14.5. The van der Waals surface area contributed by atoms with Crippen LogP contribution in [-0.4, -0.2) is 34.4 Å². The highest BCUT2D eigenvalue weighted by Gasteiger charge is 2.22. The van der Waals surface area contributed by atoms with Crippen LogP contribution in [-0.2, 0) is 0 Å². The van der Waals surface area contributed by atoms with E-state index >= 15 is 0 Å². The Kier molecular flexibility index (Phi) is 6.08. The lowest BCUT2D eigenvalue weighted by Crippen LogP contribution is -2.46. The second-order valence-corrected chi connectivity index (χ2v) is 8.92. The summed E-state index contributed by atoms with van der Waals surface area (Å²) in [5, 5.41) is 18.2. The van der Waals surface area contributed by atoms with Crippen LogP contribution in [0.3, 0.4) is 0 Å². The van der Waals surface area contributed by atoms with Crippen molar-refractivity contribution in [2.45, 2.75) is 18.9 Å². The Bertz CT molecular complexity index is 1000. The van der Waals surface area contributed by atoms with Crippen LogP contribution in [0.2, 0.25) is 0 Å². The number of halogens is 2. The number of hydrogen-bond acceptors (Lipinski definition) is 4. The van der Waals surface area contributed by atoms with E-state index in [1.807, 2.05) is 36.5 Å². The number of para-hydroxylation sites is 1. The average molecular weight is 521 g/mol. The molecule has 1 fully saturated rings. The highest BCUT2D eigenvalue weighted by atomic mass is 79.9. The molecule has 2 aromatic carbocycles. The molecule has 0 aliphatic carbocycles. The molecule has 2 N–H and O–H groups in total. The lowest BCUT2D eigenvalue weighted by atomic mass is 10.0. The minimum atomic E-state index is 0.341. The van der Waals surface area contributed by atoms with Gasteiger partial charge in [0.15, 0.2) is 10.9 Å². The van der Waals surface area contributed by atoms with Gasteiger partial charge in [-0.3, -0.25) is 0 Å². The molecule has 0 bridgehead atoms. The number of benzene rings is 2. The van der Waals surface area contributed by atoms with E-state index in [0.717, 1.165) is 57.2 Å². The van der Waals surface area contributed by atoms with Crippen molar-refractivity contribution in [3.63, 3.8) is 0 Å². The van der Waals surface area contributed by atoms with Gasteiger partial charge in [0, 0.05) is 38.8 Å². The first-order valence-electron chi connectivity index (χ1n) is 9.08. The van der Waals surface area contributed by atoms with Crippen LogP contribution >= 0.6 is 44.1 Å². The molecule has 144 valence electrons. The summed E-state index contributed by atoms with van der Waals surface area (Å²) in [5.74, 6) is 0.950. The summed E-state index contributed by atoms with van der Waals surface area (Å²) < 4.78 is 2.05. The van der Waals surface area contributed by atoms with Crippen molar-refractivity contribution >= 4 is 71.5 Å². The zero-order valence-corrected chi connectivity index (χ0v) is 19.0. The maximum atomic E-state index is 5.49. The number of hydrogen-bond donors (Lipinski definition) is 2. The van der Waals surface area contributed by atoms with Gasteiger partial charge in [-0.25, -0.2) is 0 Å². The molecule has 0 atom stereocenters. The molecule has 1 saturated heterocycles. The maximum absolute atomic E-state index is 5.49. The molecular weight excluding hydrogens is 502 g/mol. The second kappa shape index (κ2) is 8.71. The second-order valence-electron chi connectivity index (χ2n) is 6.74. The molecule has 28 heavy (non-hydrogen) atoms. The van der Waals surface area contributed by atoms with Gasteiger partial charge in [0.05, 0.1) is 11.9 Å². The van der Waals surface area contributed by atoms with Crippen LogP contribution < -0.4 is 15.5 Å². The predicted octanol–water partition coefficient (Wildman–Crippen LogP) is 5.11. The summed E-state index contributed by atoms with van der Waals surface area (Å²) in [7, 11) is 0. The quantitative estimate of drug-likeness (QED) is 0.468. The van der Waals surface area contributed by atoms with Gasteiger partial charge in [-0.1, -0.05) is 34.1 Å². The Hall–Kier alpha value is -1.77. The number of rotatable bonds is 3. The highest BCUT2D eigenvalue weighted by Crippen LogP contribution is 2.28. The number of anilines is 2. The van der Waals surface area contributed by atoms with Gasteiger partial charge >= 0.3 is 0 Å². The molecule has 0 amide bonds. The number of piperidine rings is 1. The SMILES string of the molecule is S=C(Nc1ccccc1Br)NC1CCN(c2nncc3ccc(Br)cc23)CC1. The summed E-state index contributed by atoms with van der Waals surface area (Å²) in [6.07, 6.45) is 3.79. The van der Waals surface area contributed by atoms with Crippen LogP contribution in [0.4, 0.5) is 11.5 Å². The first-order valence-corrected chi connectivity index (χ1v) is 11.1. The monoisotopic (exact) mass is 519 g/mol. The van der Waals surface area contributed by atoms with Gasteiger partial charge in [0.1, 0.15) is 0 Å². The third-order valence-electron chi connectivity index (χ3n) is 4.86. The minimum Gasteiger partial charge on any atom is -0.360 e. The van der Waals surface area contributed by atoms with E-state index in [2.05, 4.69) is 69.7 Å². The molecule has 2 heterocycles. The van der Waals surface area contributed by atoms with E-state index in [-0.39, 0.29) is 0 Å². The van der Waals surface area contributed by atoms with Crippen LogP contribution in [0, 0.1) is 0 Å². The van der Waals surface area contributed by atoms with Crippen LogP contribution in [0.25, 0.3) is 10.8 Å². The Labute approximate surface area is 186 Å². The van der Waals surface area contributed by atoms with Gasteiger partial charge in [0.25, 0.3) is 0 Å². The fourth-order valence-corrected chi connectivity index (χ4v) is 4.43. The molecule has 1 aliphatic rings. The van der Waals surface area contributed by atoms with E-state index in [9.17, 15) is 0 Å². The van der Waals surface area contributed by atoms with Gasteiger partial charge in [-0.2, -0.15) is 5.10 Å². The Morgan fingerprint density at radius 1 is 1.11 bits per heavy atom. The molecule has 8 heteroatoms. The van der Waals surface area contributed by atoms with E-state index in [1.165, 1.54) is 0 Å². The Morgan fingerprint density at radius 3 is 2.68 bits per heavy atom. The lowest BCUT2D eigenvalue weighted by Gasteiger charge is -2.34. The molecule has 3 aromatic rings. The summed E-state index contributed by atoms with van der Waals surface area (Å²) >= 11 is 12.6. The normalized spacial score (nSPS) is 14.9. The number of nitrogens with zero attached hydrogens (tertiary/aromatic N) is 3. The largest absolute Gasteiger partial charge is 0.360 e. The number of nitrogens with one attached hydrogen (secondary N) is 2. The Balaban J connectivity index is 1.38. The van der Waals surface area contributed by atoms with Crippen LogP contribution in [0.15, 0.2) is 57.6 Å². The molecule has 0 unspecified atom stereocenters. The van der Waals surface area contributed by atoms with Crippen molar-refractivity contribution in [2.75, 3.05) is 23.3 Å². The number of fused-ring (bicyclic) bond motifs is 1. The van der Waals surface area contributed by atoms with Crippen molar-refractivity contribution in [1.29, 1.82) is 0 Å². The minimum absolute atomic E-state index is 0.341. The van der Waals surface area contributed by atoms with Gasteiger partial charge in [0.2, 0.25) is 0 Å². The van der Waals surface area contributed by atoms with Crippen molar-refractivity contribution in [2.24, 2.45) is 0 Å². The van der Waals surface area contributed by atoms with Crippen LogP contribution in [0.1, 0.15) is 12.8 Å². The summed E-state index contributed by atoms with van der Waals surface area (Å²) in [4.78, 5) is 2.31. The summed E-state index contributed by atoms with van der Waals surface area (Å²) in [6.45, 7) is 1.82. The van der Waals surface area contributed by atoms with Gasteiger partial charge in [-0.05, 0) is 65.3 Å². The molecule has 0 saturated carbocycles. The zero-order valence-electron chi connectivity index (χ0n) is 15.0.